The van der Waals surface area contributed by atoms with Crippen molar-refractivity contribution in [3.8, 4) is 0 Å². The van der Waals surface area contributed by atoms with Crippen molar-refractivity contribution in [2.24, 2.45) is 0 Å². The fourth-order valence-corrected chi connectivity index (χ4v) is 4.28. The third kappa shape index (κ3) is 14.1. The van der Waals surface area contributed by atoms with Gasteiger partial charge in [-0.1, -0.05) is 30.6 Å². The van der Waals surface area contributed by atoms with Crippen LogP contribution >= 0.6 is 34.8 Å². The number of hydrogen-bond acceptors (Lipinski definition) is 16. The van der Waals surface area contributed by atoms with Gasteiger partial charge in [0.15, 0.2) is 21.9 Å². The first kappa shape index (κ1) is 42.7. The second-order valence-electron chi connectivity index (χ2n) is 12.2. The molecule has 2 aliphatic rings. The Bertz CT molecular complexity index is 1330. The summed E-state index contributed by atoms with van der Waals surface area (Å²) >= 11 is 16.4. The second kappa shape index (κ2) is 19.0. The Morgan fingerprint density at radius 2 is 1.31 bits per heavy atom. The summed E-state index contributed by atoms with van der Waals surface area (Å²) in [4.78, 5) is 36.4. The van der Waals surface area contributed by atoms with Gasteiger partial charge < -0.3 is 46.3 Å². The van der Waals surface area contributed by atoms with Gasteiger partial charge in [0, 0.05) is 39.3 Å². The summed E-state index contributed by atoms with van der Waals surface area (Å²) in [6.45, 7) is 13.8. The molecule has 21 heteroatoms. The lowest BCUT2D eigenvalue weighted by atomic mass is 10.2. The predicted octanol–water partition coefficient (Wildman–Crippen LogP) is 2.11. The molecule has 0 aliphatic carbocycles. The van der Waals surface area contributed by atoms with E-state index in [2.05, 4.69) is 35.7 Å². The number of nitrogens with two attached hydrogens (primary N) is 2. The van der Waals surface area contributed by atoms with Crippen LogP contribution in [0.4, 0.5) is 27.2 Å². The maximum atomic E-state index is 12.2. The monoisotopic (exact) mass is 740 g/mol. The predicted molar refractivity (Wildman–Crippen MR) is 183 cm³/mol. The number of halogens is 3. The zero-order chi connectivity index (χ0) is 35.5. The summed E-state index contributed by atoms with van der Waals surface area (Å²) in [5.41, 5.74) is 9.75. The molecule has 7 N–H and O–H groups in total. The summed E-state index contributed by atoms with van der Waals surface area (Å²) in [6.07, 6.45) is -0.797. The number of piperazine rings is 2. The van der Waals surface area contributed by atoms with Crippen LogP contribution in [0.5, 0.6) is 0 Å². The van der Waals surface area contributed by atoms with E-state index in [1.165, 1.54) is 4.90 Å². The average molecular weight is 742 g/mol. The van der Waals surface area contributed by atoms with Crippen molar-refractivity contribution >= 4 is 64.6 Å². The van der Waals surface area contributed by atoms with E-state index in [4.69, 9.17) is 60.9 Å². The molecule has 0 spiro atoms. The van der Waals surface area contributed by atoms with Gasteiger partial charge in [0.2, 0.25) is 11.2 Å². The number of carbonyl (C=O) groups is 2. The Morgan fingerprint density at radius 1 is 0.812 bits per heavy atom. The maximum Gasteiger partial charge on any atom is 0.410 e. The number of aliphatic hydroxyl groups is 2. The van der Waals surface area contributed by atoms with Crippen LogP contribution in [0.1, 0.15) is 49.0 Å². The number of hydrogen-bond donors (Lipinski definition) is 5. The minimum absolute atomic E-state index is 0. The fourth-order valence-electron chi connectivity index (χ4n) is 3.99. The van der Waals surface area contributed by atoms with Crippen LogP contribution in [0.25, 0.3) is 0 Å². The Labute approximate surface area is 295 Å². The topological polar surface area (TPSA) is 244 Å². The Kier molecular flexibility index (Phi) is 17.0. The van der Waals surface area contributed by atoms with Crippen LogP contribution < -0.4 is 21.7 Å². The minimum Gasteiger partial charge on any atom is -0.444 e. The standard InChI is InChI=1S/C13H21ClN6O3.C10H20N2O3.C3H2Cl2N4.CH4/c1-13(2,3)23-12(22)20-5-4-19(6-8(20)7-21)11-16-10(15)9(14)17-18-11;1-10(2,3)15-9(14)12-5-4-11-6-8(12)7-13;4-1-2(6)7-3(5)9-8-1;/h8,21H,4-7H2,1-3H3,(H2,15,16,18);8,11,13H,4-7H2,1-3H3;(H2,6,7,9);1H4/t2*8-;;/m11../s1. The molecule has 2 aliphatic heterocycles. The van der Waals surface area contributed by atoms with Crippen molar-refractivity contribution < 1.29 is 29.3 Å². The molecule has 0 saturated carbocycles. The number of nitrogens with zero attached hydrogens (tertiary/aromatic N) is 9. The molecule has 0 radical (unpaired) electrons. The molecule has 48 heavy (non-hydrogen) atoms. The van der Waals surface area contributed by atoms with Crippen molar-refractivity contribution in [3.05, 3.63) is 15.6 Å². The number of nitrogens with one attached hydrogen (secondary N) is 1. The van der Waals surface area contributed by atoms with Crippen molar-refractivity contribution in [3.63, 3.8) is 0 Å². The molecule has 4 heterocycles. The van der Waals surface area contributed by atoms with Crippen molar-refractivity contribution in [2.75, 3.05) is 68.8 Å². The van der Waals surface area contributed by atoms with Crippen molar-refractivity contribution in [1.82, 2.24) is 45.5 Å². The maximum absolute atomic E-state index is 12.2. The smallest absolute Gasteiger partial charge is 0.410 e. The zero-order valence-electron chi connectivity index (χ0n) is 27.2. The van der Waals surface area contributed by atoms with Gasteiger partial charge in [0.05, 0.1) is 25.3 Å². The molecule has 18 nitrogen and oxygen atoms in total. The normalized spacial score (nSPS) is 17.9. The number of anilines is 3. The van der Waals surface area contributed by atoms with E-state index in [1.807, 2.05) is 20.8 Å². The first-order valence-corrected chi connectivity index (χ1v) is 15.6. The third-order valence-electron chi connectivity index (χ3n) is 6.10. The molecule has 272 valence electrons. The summed E-state index contributed by atoms with van der Waals surface area (Å²) in [5.74, 6) is 0.498. The lowest BCUT2D eigenvalue weighted by Gasteiger charge is -2.40. The van der Waals surface area contributed by atoms with E-state index >= 15 is 0 Å². The highest BCUT2D eigenvalue weighted by molar-refractivity contribution is 6.32. The SMILES string of the molecule is C.CC(C)(C)OC(=O)N1CCN(c2nnc(Cl)c(N)n2)C[C@@H]1CO.CC(C)(C)OC(=O)N1CCNC[C@@H]1CO.Nc1nc(Cl)nnc1Cl. The first-order chi connectivity index (χ1) is 21.8. The van der Waals surface area contributed by atoms with Gasteiger partial charge in [0.25, 0.3) is 0 Å². The van der Waals surface area contributed by atoms with Crippen molar-refractivity contribution in [2.45, 2.75) is 72.3 Å². The summed E-state index contributed by atoms with van der Waals surface area (Å²) in [5, 5.41) is 36.3. The largest absolute Gasteiger partial charge is 0.444 e. The highest BCUT2D eigenvalue weighted by Gasteiger charge is 2.34. The zero-order valence-corrected chi connectivity index (χ0v) is 29.4. The summed E-state index contributed by atoms with van der Waals surface area (Å²) in [6, 6.07) is -0.604. The Balaban J connectivity index is 0.000000395. The fraction of sp³-hybridized carbons (Fsp3) is 0.704. The number of aliphatic hydroxyl groups excluding tert-OH is 2. The van der Waals surface area contributed by atoms with E-state index in [1.54, 1.807) is 30.6 Å². The van der Waals surface area contributed by atoms with E-state index < -0.39 is 23.3 Å². The Morgan fingerprint density at radius 3 is 1.77 bits per heavy atom. The molecule has 2 saturated heterocycles. The molecule has 2 fully saturated rings. The first-order valence-electron chi connectivity index (χ1n) is 14.5. The van der Waals surface area contributed by atoms with Crippen LogP contribution in [0.3, 0.4) is 0 Å². The van der Waals surface area contributed by atoms with Crippen LogP contribution in [-0.4, -0.2) is 138 Å². The number of aromatic nitrogens is 6. The molecule has 2 aromatic heterocycles. The second-order valence-corrected chi connectivity index (χ2v) is 13.3. The molecule has 2 amide bonds. The summed E-state index contributed by atoms with van der Waals surface area (Å²) in [7, 11) is 0. The lowest BCUT2D eigenvalue weighted by molar-refractivity contribution is 0.00441. The van der Waals surface area contributed by atoms with Gasteiger partial charge in [-0.05, 0) is 53.1 Å². The molecule has 0 unspecified atom stereocenters. The number of rotatable bonds is 3. The van der Waals surface area contributed by atoms with Crippen LogP contribution in [0.15, 0.2) is 0 Å². The molecule has 0 aromatic carbocycles. The molecular formula is C27H47Cl3N12O6. The van der Waals surface area contributed by atoms with Gasteiger partial charge in [-0.2, -0.15) is 9.97 Å². The van der Waals surface area contributed by atoms with Crippen LogP contribution in [0, 0.1) is 0 Å². The van der Waals surface area contributed by atoms with E-state index in [9.17, 15) is 14.7 Å². The molecule has 4 rings (SSSR count). The quantitative estimate of drug-likeness (QED) is 0.302. The molecular weight excluding hydrogens is 695 g/mol. The lowest BCUT2D eigenvalue weighted by Crippen LogP contribution is -2.58. The van der Waals surface area contributed by atoms with Gasteiger partial charge in [-0.15, -0.1) is 20.4 Å². The van der Waals surface area contributed by atoms with Crippen LogP contribution in [-0.2, 0) is 9.47 Å². The highest BCUT2D eigenvalue weighted by Crippen LogP contribution is 2.21. The number of amides is 2. The number of carbonyl (C=O) groups excluding carboxylic acids is 2. The van der Waals surface area contributed by atoms with E-state index in [0.29, 0.717) is 38.7 Å². The number of ether oxygens (including phenoxy) is 2. The molecule has 2 atom stereocenters. The van der Waals surface area contributed by atoms with Crippen molar-refractivity contribution in [1.29, 1.82) is 0 Å². The molecule has 0 bridgehead atoms. The Hall–Kier alpha value is -3.29. The van der Waals surface area contributed by atoms with Gasteiger partial charge in [-0.25, -0.2) is 9.59 Å². The molecule has 2 aromatic rings. The van der Waals surface area contributed by atoms with E-state index in [0.717, 1.165) is 6.54 Å². The van der Waals surface area contributed by atoms with E-state index in [-0.39, 0.29) is 60.0 Å². The number of nitrogen functional groups attached to an aromatic ring is 2. The van der Waals surface area contributed by atoms with Gasteiger partial charge in [-0.3, -0.25) is 4.90 Å². The van der Waals surface area contributed by atoms with Gasteiger partial charge in [0.1, 0.15) is 11.2 Å². The van der Waals surface area contributed by atoms with Gasteiger partial charge >= 0.3 is 12.2 Å². The van der Waals surface area contributed by atoms with Crippen LogP contribution in [0.2, 0.25) is 15.6 Å². The average Bonchev–Trinajstić information content (AvgIpc) is 2.99. The summed E-state index contributed by atoms with van der Waals surface area (Å²) < 4.78 is 10.6. The third-order valence-corrected chi connectivity index (χ3v) is 6.80. The minimum atomic E-state index is -0.591. The highest BCUT2D eigenvalue weighted by atomic mass is 35.5.